The normalized spacial score (nSPS) is 10.4. The minimum Gasteiger partial charge on any atom is -0.504 e. The third kappa shape index (κ3) is 2.39. The Balaban J connectivity index is 3.10. The van der Waals surface area contributed by atoms with E-state index < -0.39 is 5.82 Å². The van der Waals surface area contributed by atoms with Crippen molar-refractivity contribution in [3.63, 3.8) is 0 Å². The first-order valence-corrected chi connectivity index (χ1v) is 4.77. The number of methoxy groups -OCH3 is 1. The summed E-state index contributed by atoms with van der Waals surface area (Å²) in [7, 11) is 1.31. The number of ether oxygens (including phenoxy) is 1. The molecule has 0 aromatic heterocycles. The van der Waals surface area contributed by atoms with Crippen molar-refractivity contribution in [2.45, 2.75) is 19.8 Å². The number of aliphatic hydroxyl groups is 1. The van der Waals surface area contributed by atoms with Gasteiger partial charge >= 0.3 is 0 Å². The van der Waals surface area contributed by atoms with Crippen LogP contribution in [0.3, 0.4) is 0 Å². The summed E-state index contributed by atoms with van der Waals surface area (Å²) in [6.45, 7) is 1.75. The van der Waals surface area contributed by atoms with E-state index in [1.54, 1.807) is 6.92 Å². The van der Waals surface area contributed by atoms with E-state index in [-0.39, 0.29) is 18.1 Å². The monoisotopic (exact) mass is 214 g/mol. The first kappa shape index (κ1) is 11.8. The lowest BCUT2D eigenvalue weighted by molar-refractivity contribution is 0.288. The van der Waals surface area contributed by atoms with Crippen LogP contribution in [0.2, 0.25) is 0 Å². The van der Waals surface area contributed by atoms with Crippen LogP contribution in [0.1, 0.15) is 17.5 Å². The van der Waals surface area contributed by atoms with Gasteiger partial charge in [-0.25, -0.2) is 4.39 Å². The molecule has 1 rings (SSSR count). The molecule has 0 saturated heterocycles. The van der Waals surface area contributed by atoms with Gasteiger partial charge in [0.15, 0.2) is 17.3 Å². The molecule has 2 N–H and O–H groups in total. The van der Waals surface area contributed by atoms with Gasteiger partial charge in [0.25, 0.3) is 0 Å². The summed E-state index contributed by atoms with van der Waals surface area (Å²) in [5.74, 6) is -0.862. The highest BCUT2D eigenvalue weighted by atomic mass is 19.1. The fourth-order valence-electron chi connectivity index (χ4n) is 1.49. The molecule has 3 nitrogen and oxygen atoms in total. The van der Waals surface area contributed by atoms with Crippen LogP contribution in [0.4, 0.5) is 4.39 Å². The third-order valence-corrected chi connectivity index (χ3v) is 2.38. The number of rotatable bonds is 4. The zero-order valence-electron chi connectivity index (χ0n) is 8.88. The number of aryl methyl sites for hydroxylation is 1. The second-order valence-electron chi connectivity index (χ2n) is 3.35. The van der Waals surface area contributed by atoms with Crippen LogP contribution in [0, 0.1) is 12.7 Å². The summed E-state index contributed by atoms with van der Waals surface area (Å²) in [6, 6.07) is 1.34. The summed E-state index contributed by atoms with van der Waals surface area (Å²) < 4.78 is 18.1. The highest BCUT2D eigenvalue weighted by Gasteiger charge is 2.15. The standard InChI is InChI=1S/C11H15FO3/c1-7-8(4-3-5-13)6-9(12)11(15-2)10(7)14/h6,13-14H,3-5H2,1-2H3. The maximum absolute atomic E-state index is 13.4. The minimum absolute atomic E-state index is 0.0495. The number of halogens is 1. The number of phenols is 1. The van der Waals surface area contributed by atoms with Crippen molar-refractivity contribution in [3.05, 3.63) is 23.0 Å². The Labute approximate surface area is 88.1 Å². The molecule has 84 valence electrons. The molecule has 1 aromatic carbocycles. The molecule has 0 atom stereocenters. The summed E-state index contributed by atoms with van der Waals surface area (Å²) >= 11 is 0. The Hall–Kier alpha value is -1.29. The van der Waals surface area contributed by atoms with Gasteiger partial charge in [0, 0.05) is 6.61 Å². The molecule has 0 fully saturated rings. The zero-order valence-corrected chi connectivity index (χ0v) is 8.88. The second kappa shape index (κ2) is 4.98. The largest absolute Gasteiger partial charge is 0.504 e. The Morgan fingerprint density at radius 2 is 2.13 bits per heavy atom. The Morgan fingerprint density at radius 3 is 2.67 bits per heavy atom. The first-order valence-electron chi connectivity index (χ1n) is 4.77. The number of phenolic OH excluding ortho intramolecular Hbond substituents is 1. The predicted molar refractivity (Wildman–Crippen MR) is 54.8 cm³/mol. The van der Waals surface area contributed by atoms with Gasteiger partial charge in [0.05, 0.1) is 7.11 Å². The molecule has 0 aliphatic carbocycles. The lowest BCUT2D eigenvalue weighted by Crippen LogP contribution is -1.98. The van der Waals surface area contributed by atoms with Crippen molar-refractivity contribution in [2.75, 3.05) is 13.7 Å². The van der Waals surface area contributed by atoms with Crippen molar-refractivity contribution in [2.24, 2.45) is 0 Å². The fraction of sp³-hybridized carbons (Fsp3) is 0.455. The predicted octanol–water partition coefficient (Wildman–Crippen LogP) is 1.77. The van der Waals surface area contributed by atoms with E-state index in [0.29, 0.717) is 24.0 Å². The van der Waals surface area contributed by atoms with Crippen molar-refractivity contribution >= 4 is 0 Å². The molecular weight excluding hydrogens is 199 g/mol. The van der Waals surface area contributed by atoms with E-state index in [2.05, 4.69) is 0 Å². The van der Waals surface area contributed by atoms with Crippen LogP contribution in [-0.4, -0.2) is 23.9 Å². The van der Waals surface area contributed by atoms with E-state index in [0.717, 1.165) is 0 Å². The van der Waals surface area contributed by atoms with Crippen molar-refractivity contribution in [1.82, 2.24) is 0 Å². The van der Waals surface area contributed by atoms with Crippen molar-refractivity contribution < 1.29 is 19.3 Å². The van der Waals surface area contributed by atoms with Crippen molar-refractivity contribution in [1.29, 1.82) is 0 Å². The zero-order chi connectivity index (χ0) is 11.4. The van der Waals surface area contributed by atoms with Gasteiger partial charge in [-0.3, -0.25) is 0 Å². The molecule has 1 aromatic rings. The van der Waals surface area contributed by atoms with Gasteiger partial charge in [0.1, 0.15) is 0 Å². The minimum atomic E-state index is -0.575. The van der Waals surface area contributed by atoms with Crippen molar-refractivity contribution in [3.8, 4) is 11.5 Å². The highest BCUT2D eigenvalue weighted by molar-refractivity contribution is 5.50. The van der Waals surface area contributed by atoms with Gasteiger partial charge in [0.2, 0.25) is 0 Å². The average molecular weight is 214 g/mol. The quantitative estimate of drug-likeness (QED) is 0.803. The molecule has 0 heterocycles. The molecule has 0 aliphatic heterocycles. The summed E-state index contributed by atoms with van der Waals surface area (Å²) in [6.07, 6.45) is 1.09. The number of hydrogen-bond acceptors (Lipinski definition) is 3. The van der Waals surface area contributed by atoms with Gasteiger partial charge in [-0.05, 0) is 37.0 Å². The maximum Gasteiger partial charge on any atom is 0.196 e. The number of hydrogen-bond donors (Lipinski definition) is 2. The first-order chi connectivity index (χ1) is 7.11. The maximum atomic E-state index is 13.4. The fourth-order valence-corrected chi connectivity index (χ4v) is 1.49. The summed E-state index contributed by atoms with van der Waals surface area (Å²) in [5, 5.41) is 18.3. The van der Waals surface area contributed by atoms with E-state index in [1.807, 2.05) is 0 Å². The molecule has 0 bridgehead atoms. The smallest absolute Gasteiger partial charge is 0.196 e. The van der Waals surface area contributed by atoms with Crippen LogP contribution in [0.5, 0.6) is 11.5 Å². The summed E-state index contributed by atoms with van der Waals surface area (Å²) in [4.78, 5) is 0. The number of aromatic hydroxyl groups is 1. The third-order valence-electron chi connectivity index (χ3n) is 2.38. The average Bonchev–Trinajstić information content (AvgIpc) is 2.22. The Morgan fingerprint density at radius 1 is 1.47 bits per heavy atom. The molecule has 0 aliphatic rings. The van der Waals surface area contributed by atoms with Crippen LogP contribution >= 0.6 is 0 Å². The lowest BCUT2D eigenvalue weighted by Gasteiger charge is -2.11. The van der Waals surface area contributed by atoms with E-state index in [4.69, 9.17) is 9.84 Å². The second-order valence-corrected chi connectivity index (χ2v) is 3.35. The van der Waals surface area contributed by atoms with Gasteiger partial charge < -0.3 is 14.9 Å². The Bertz CT molecular complexity index is 350. The van der Waals surface area contributed by atoms with Gasteiger partial charge in [-0.1, -0.05) is 0 Å². The molecular formula is C11H15FO3. The molecule has 0 amide bonds. The molecule has 0 radical (unpaired) electrons. The molecule has 0 saturated carbocycles. The van der Waals surface area contributed by atoms with E-state index in [1.165, 1.54) is 13.2 Å². The number of benzene rings is 1. The van der Waals surface area contributed by atoms with Gasteiger partial charge in [-0.15, -0.1) is 0 Å². The van der Waals surface area contributed by atoms with Gasteiger partial charge in [-0.2, -0.15) is 0 Å². The molecule has 0 spiro atoms. The van der Waals surface area contributed by atoms with Crippen LogP contribution in [-0.2, 0) is 6.42 Å². The molecule has 4 heteroatoms. The van der Waals surface area contributed by atoms with Crippen LogP contribution < -0.4 is 4.74 Å². The van der Waals surface area contributed by atoms with Crippen LogP contribution in [0.25, 0.3) is 0 Å². The lowest BCUT2D eigenvalue weighted by atomic mass is 10.0. The highest BCUT2D eigenvalue weighted by Crippen LogP contribution is 2.34. The SMILES string of the molecule is COc1c(F)cc(CCCO)c(C)c1O. The topological polar surface area (TPSA) is 49.7 Å². The van der Waals surface area contributed by atoms with E-state index >= 15 is 0 Å². The summed E-state index contributed by atoms with van der Waals surface area (Å²) in [5.41, 5.74) is 1.29. The molecule has 0 unspecified atom stereocenters. The molecule has 15 heavy (non-hydrogen) atoms. The van der Waals surface area contributed by atoms with E-state index in [9.17, 15) is 9.50 Å². The Kier molecular flexibility index (Phi) is 3.91. The van der Waals surface area contributed by atoms with Crippen LogP contribution in [0.15, 0.2) is 6.07 Å². The number of aliphatic hydroxyl groups excluding tert-OH is 1.